The number of carbonyl (C=O) groups excluding carboxylic acids is 3. The molecule has 18 nitrogen and oxygen atoms in total. The van der Waals surface area contributed by atoms with Crippen molar-refractivity contribution < 1.29 is 67.4 Å². The molecule has 0 spiro atoms. The van der Waals surface area contributed by atoms with Gasteiger partial charge in [-0.3, -0.25) is 24.1 Å². The van der Waals surface area contributed by atoms with E-state index in [1.54, 1.807) is 26.1 Å². The zero-order chi connectivity index (χ0) is 47.4. The summed E-state index contributed by atoms with van der Waals surface area (Å²) in [7, 11) is 3.12. The number of phenols is 1. The first kappa shape index (κ1) is 46.6. The zero-order valence-electron chi connectivity index (χ0n) is 37.8. The maximum absolute atomic E-state index is 14.8. The molecule has 4 aliphatic heterocycles. The van der Waals surface area contributed by atoms with E-state index in [4.69, 9.17) is 32.8 Å². The lowest BCUT2D eigenvalue weighted by molar-refractivity contribution is -0.797. The van der Waals surface area contributed by atoms with Gasteiger partial charge in [0, 0.05) is 67.4 Å². The lowest BCUT2D eigenvalue weighted by Crippen LogP contribution is -3.11. The molecule has 0 radical (unpaired) electrons. The van der Waals surface area contributed by atoms with Gasteiger partial charge in [0.15, 0.2) is 22.4 Å². The normalized spacial score (nSPS) is 29.3. The van der Waals surface area contributed by atoms with Crippen LogP contribution in [0.4, 0.5) is 5.69 Å². The summed E-state index contributed by atoms with van der Waals surface area (Å²) in [6, 6.07) is 2.58. The molecule has 8 rings (SSSR count). The Bertz CT molecular complexity index is 2890. The summed E-state index contributed by atoms with van der Waals surface area (Å²) in [5.41, 5.74) is -2.61. The highest BCUT2D eigenvalue weighted by Gasteiger charge is 2.50. The second-order valence-electron chi connectivity index (χ2n) is 17.2. The van der Waals surface area contributed by atoms with Gasteiger partial charge in [0.1, 0.15) is 53.8 Å². The number of benzene rings is 3. The van der Waals surface area contributed by atoms with Gasteiger partial charge in [0.25, 0.3) is 5.91 Å². The molecule has 2 amide bonds. The van der Waals surface area contributed by atoms with Crippen molar-refractivity contribution in [1.29, 1.82) is 0 Å². The van der Waals surface area contributed by atoms with Gasteiger partial charge < -0.3 is 53.5 Å². The fraction of sp³-hybridized carbons (Fsp3) is 0.447. The molecule has 5 heterocycles. The molecular weight excluding hydrogens is 847 g/mol. The average molecular weight is 901 g/mol. The van der Waals surface area contributed by atoms with E-state index in [-0.39, 0.29) is 79.3 Å². The number of aliphatic hydroxyl groups is 2. The second-order valence-corrected chi connectivity index (χ2v) is 17.2. The highest BCUT2D eigenvalue weighted by atomic mass is 16.7. The maximum Gasteiger partial charge on any atom is 0.308 e. The molecule has 0 saturated carbocycles. The van der Waals surface area contributed by atoms with Gasteiger partial charge in [0.05, 0.1) is 49.2 Å². The zero-order valence-corrected chi connectivity index (χ0v) is 37.8. The van der Waals surface area contributed by atoms with Crippen LogP contribution in [0.1, 0.15) is 54.0 Å². The number of aliphatic hydroxyl groups excluding tert-OH is 2. The summed E-state index contributed by atoms with van der Waals surface area (Å²) in [6.07, 6.45) is 3.34. The topological polar surface area (TPSA) is 244 Å². The third kappa shape index (κ3) is 8.42. The third-order valence-corrected chi connectivity index (χ3v) is 12.6. The van der Waals surface area contributed by atoms with Crippen molar-refractivity contribution in [2.24, 2.45) is 17.8 Å². The number of allylic oxidation sites excluding steroid dienone is 2. The molecule has 65 heavy (non-hydrogen) atoms. The van der Waals surface area contributed by atoms with Crippen molar-refractivity contribution in [1.82, 2.24) is 4.98 Å². The van der Waals surface area contributed by atoms with Crippen molar-refractivity contribution in [3.63, 3.8) is 0 Å². The molecule has 0 aliphatic carbocycles. The number of aromatic hydroxyl groups is 1. The Labute approximate surface area is 372 Å². The SMILES string of the molecule is CO[C@H]1/C=C/O[C@@]2(C)Oc3c(C)c(O)c4c(=O)c(c5oc6cc(OCC[NH+](C)C(C)=O)cc(=O)c6nc5c4c3=C2O)NC(=O)/C(C)=C\C=C\[C@H](C)[C@@H]2O[C@H]([C@H](O)[C@@H]2C)[C@H](OC(C)=O)[C@@H]1C. The Morgan fingerprint density at radius 2 is 1.72 bits per heavy atom. The molecule has 7 bridgehead atoms. The van der Waals surface area contributed by atoms with Gasteiger partial charge in [-0.1, -0.05) is 39.0 Å². The van der Waals surface area contributed by atoms with Crippen LogP contribution in [0.5, 0.6) is 17.2 Å². The largest absolute Gasteiger partial charge is 0.507 e. The van der Waals surface area contributed by atoms with Crippen LogP contribution < -0.4 is 35.8 Å². The van der Waals surface area contributed by atoms with Crippen molar-refractivity contribution >= 4 is 62.2 Å². The number of nitrogens with one attached hydrogen (secondary N) is 2. The molecule has 10 atom stereocenters. The first-order chi connectivity index (χ1) is 30.7. The number of esters is 1. The van der Waals surface area contributed by atoms with Gasteiger partial charge in [-0.25, -0.2) is 9.78 Å². The molecule has 1 aromatic heterocycles. The van der Waals surface area contributed by atoms with E-state index in [0.29, 0.717) is 11.4 Å². The summed E-state index contributed by atoms with van der Waals surface area (Å²) in [6.45, 7) is 12.9. The minimum Gasteiger partial charge on any atom is -0.507 e. The first-order valence-electron chi connectivity index (χ1n) is 21.3. The Hall–Kier alpha value is -6.34. The number of carbonyl (C=O) groups is 3. The quantitative estimate of drug-likeness (QED) is 0.106. The summed E-state index contributed by atoms with van der Waals surface area (Å²) in [4.78, 5) is 71.9. The van der Waals surface area contributed by atoms with E-state index in [9.17, 15) is 39.3 Å². The van der Waals surface area contributed by atoms with Crippen LogP contribution in [0, 0.1) is 24.7 Å². The standard InChI is InChI=1S/C47H53N3O15/c1-20-12-11-13-21(2)46(58)49-36-39(56)32-31(35-43(36)63-30-19-27(18-28(53)34(30)48-35)60-17-15-50(9)25(6)51)33-41(23(4)37(32)54)65-47(8,45(33)57)61-16-14-29(59-10)22(3)42(62-26(7)52)44-38(55)24(5)40(20)64-44/h11-14,16,18-20,22,24,29,38,40,42,44,54-55,57H,15,17H2,1-10H3,(H,49,58)/p+1/b12-11+,16-14+,21-13-/t20-,22+,24-,29-,38+,40-,42+,44+,47-/m0/s1. The lowest BCUT2D eigenvalue weighted by atomic mass is 9.86. The number of methoxy groups -OCH3 is 1. The predicted molar refractivity (Wildman–Crippen MR) is 236 cm³/mol. The molecule has 18 heteroatoms. The van der Waals surface area contributed by atoms with E-state index in [2.05, 4.69) is 10.3 Å². The monoisotopic (exact) mass is 900 g/mol. The minimum absolute atomic E-state index is 0.0328. The van der Waals surface area contributed by atoms with Gasteiger partial charge in [-0.05, 0) is 19.9 Å². The average Bonchev–Trinajstić information content (AvgIpc) is 3.70. The molecule has 4 aliphatic rings. The number of hydrogen-bond acceptors (Lipinski definition) is 16. The Kier molecular flexibility index (Phi) is 12.9. The Morgan fingerprint density at radius 1 is 1.00 bits per heavy atom. The molecule has 5 N–H and O–H groups in total. The van der Waals surface area contributed by atoms with Crippen LogP contribution in [-0.4, -0.2) is 102 Å². The number of ether oxygens (including phenoxy) is 6. The van der Waals surface area contributed by atoms with Crippen molar-refractivity contribution in [2.75, 3.05) is 32.6 Å². The Balaban J connectivity index is 1.46. The van der Waals surface area contributed by atoms with Crippen LogP contribution in [0.25, 0.3) is 38.7 Å². The first-order valence-corrected chi connectivity index (χ1v) is 21.3. The van der Waals surface area contributed by atoms with Gasteiger partial charge in [-0.15, -0.1) is 0 Å². The number of rotatable bonds is 6. The summed E-state index contributed by atoms with van der Waals surface area (Å²) >= 11 is 0. The van der Waals surface area contributed by atoms with E-state index < -0.39 is 88.1 Å². The fourth-order valence-corrected chi connectivity index (χ4v) is 8.62. The maximum atomic E-state index is 14.8. The number of fused-ring (bicyclic) bond motifs is 9. The van der Waals surface area contributed by atoms with E-state index >= 15 is 0 Å². The highest BCUT2D eigenvalue weighted by Crippen LogP contribution is 2.43. The number of hydrogen-bond donors (Lipinski definition) is 5. The van der Waals surface area contributed by atoms with Crippen molar-refractivity contribution in [2.45, 2.75) is 91.7 Å². The number of nitrogens with zero attached hydrogens (tertiary/aromatic N) is 1. The molecule has 1 saturated heterocycles. The van der Waals surface area contributed by atoms with Crippen LogP contribution in [0.2, 0.25) is 0 Å². The van der Waals surface area contributed by atoms with Gasteiger partial charge in [0.2, 0.25) is 10.9 Å². The molecule has 1 fully saturated rings. The second kappa shape index (κ2) is 17.9. The van der Waals surface area contributed by atoms with Crippen LogP contribution in [0.3, 0.4) is 0 Å². The molecule has 346 valence electrons. The number of quaternary nitrogens is 1. The minimum atomic E-state index is -2.00. The number of amides is 2. The number of anilines is 1. The van der Waals surface area contributed by atoms with Crippen molar-refractivity contribution in [3.8, 4) is 17.2 Å². The summed E-state index contributed by atoms with van der Waals surface area (Å²) in [5.74, 6) is -5.89. The van der Waals surface area contributed by atoms with E-state index in [1.807, 2.05) is 13.8 Å². The number of likely N-dealkylation sites (N-methyl/N-ethyl adjacent to an activating group) is 1. The van der Waals surface area contributed by atoms with Crippen LogP contribution in [0.15, 0.2) is 62.3 Å². The van der Waals surface area contributed by atoms with Crippen LogP contribution in [-0.2, 0) is 33.3 Å². The molecular formula is C47H54N3O15+. The Morgan fingerprint density at radius 3 is 2.40 bits per heavy atom. The number of aromatic nitrogens is 1. The smallest absolute Gasteiger partial charge is 0.308 e. The molecule has 1 unspecified atom stereocenters. The summed E-state index contributed by atoms with van der Waals surface area (Å²) in [5, 5.41) is 37.4. The molecule has 4 aromatic rings. The molecule has 3 aromatic carbocycles. The van der Waals surface area contributed by atoms with Crippen LogP contribution >= 0.6 is 0 Å². The lowest BCUT2D eigenvalue weighted by Gasteiger charge is -2.33. The fourth-order valence-electron chi connectivity index (χ4n) is 8.62. The highest BCUT2D eigenvalue weighted by molar-refractivity contribution is 6.16. The summed E-state index contributed by atoms with van der Waals surface area (Å²) < 4.78 is 42.5. The predicted octanol–water partition coefficient (Wildman–Crippen LogP) is 2.77. The number of phenolic OH excluding ortho intramolecular Hbond substituents is 1. The van der Waals surface area contributed by atoms with Gasteiger partial charge in [-0.2, -0.15) is 0 Å². The third-order valence-electron chi connectivity index (χ3n) is 12.6. The van der Waals surface area contributed by atoms with Gasteiger partial charge >= 0.3 is 17.7 Å². The van der Waals surface area contributed by atoms with E-state index in [0.717, 1.165) is 0 Å². The van der Waals surface area contributed by atoms with E-state index in [1.165, 1.54) is 72.3 Å². The van der Waals surface area contributed by atoms with Crippen molar-refractivity contribution in [3.05, 3.63) is 79.5 Å².